The quantitative estimate of drug-likeness (QED) is 0.890. The van der Waals surface area contributed by atoms with Gasteiger partial charge in [0.25, 0.3) is 0 Å². The Morgan fingerprint density at radius 2 is 2.47 bits per heavy atom. The lowest BCUT2D eigenvalue weighted by Crippen LogP contribution is -2.41. The summed E-state index contributed by atoms with van der Waals surface area (Å²) in [5.41, 5.74) is 0.482. The van der Waals surface area contributed by atoms with Crippen molar-refractivity contribution in [1.82, 2.24) is 9.38 Å². The Bertz CT molecular complexity index is 490. The van der Waals surface area contributed by atoms with E-state index in [1.165, 1.54) is 6.42 Å². The van der Waals surface area contributed by atoms with Crippen molar-refractivity contribution in [2.24, 2.45) is 5.92 Å². The van der Waals surface area contributed by atoms with Gasteiger partial charge in [-0.05, 0) is 18.8 Å². The molecule has 1 aliphatic rings. The van der Waals surface area contributed by atoms with Crippen LogP contribution in [0.2, 0.25) is 0 Å². The number of nitrogens with zero attached hydrogens (tertiary/aromatic N) is 2. The van der Waals surface area contributed by atoms with E-state index in [2.05, 4.69) is 11.9 Å². The maximum absolute atomic E-state index is 10.7. The topological polar surface area (TPSA) is 37.5 Å². The Morgan fingerprint density at radius 1 is 1.59 bits per heavy atom. The molecule has 92 valence electrons. The second-order valence-electron chi connectivity index (χ2n) is 5.25. The van der Waals surface area contributed by atoms with Crippen molar-refractivity contribution < 1.29 is 5.11 Å². The van der Waals surface area contributed by atoms with E-state index in [0.29, 0.717) is 12.3 Å². The van der Waals surface area contributed by atoms with Crippen LogP contribution in [-0.2, 0) is 6.42 Å². The Balaban J connectivity index is 1.83. The molecule has 3 nitrogen and oxygen atoms in total. The van der Waals surface area contributed by atoms with E-state index < -0.39 is 5.60 Å². The Labute approximate surface area is 105 Å². The summed E-state index contributed by atoms with van der Waals surface area (Å²) in [6, 6.07) is 0. The molecule has 2 heterocycles. The number of thiazole rings is 1. The molecule has 3 rings (SSSR count). The highest BCUT2D eigenvalue weighted by Gasteiger charge is 2.36. The number of hydrogen-bond donors (Lipinski definition) is 1. The zero-order valence-electron chi connectivity index (χ0n) is 10.1. The molecule has 1 saturated carbocycles. The summed E-state index contributed by atoms with van der Waals surface area (Å²) in [7, 11) is 0. The van der Waals surface area contributed by atoms with Crippen LogP contribution < -0.4 is 0 Å². The van der Waals surface area contributed by atoms with Gasteiger partial charge in [-0.2, -0.15) is 0 Å². The molecule has 1 N–H and O–H groups in total. The zero-order valence-corrected chi connectivity index (χ0v) is 10.9. The van der Waals surface area contributed by atoms with Crippen LogP contribution in [0.5, 0.6) is 0 Å². The Morgan fingerprint density at radius 3 is 3.24 bits per heavy atom. The van der Waals surface area contributed by atoms with Gasteiger partial charge in [-0.15, -0.1) is 11.3 Å². The fourth-order valence-electron chi connectivity index (χ4n) is 2.83. The lowest BCUT2D eigenvalue weighted by atomic mass is 9.74. The maximum Gasteiger partial charge on any atom is 0.193 e. The molecule has 2 unspecified atom stereocenters. The zero-order chi connectivity index (χ0) is 11.9. The number of imidazole rings is 1. The number of fused-ring (bicyclic) bond motifs is 1. The van der Waals surface area contributed by atoms with E-state index in [-0.39, 0.29) is 0 Å². The van der Waals surface area contributed by atoms with Gasteiger partial charge in [-0.25, -0.2) is 4.98 Å². The van der Waals surface area contributed by atoms with Gasteiger partial charge in [-0.1, -0.05) is 19.8 Å². The minimum absolute atomic E-state index is 0.385. The Hall–Kier alpha value is -0.870. The third-order valence-electron chi connectivity index (χ3n) is 4.04. The van der Waals surface area contributed by atoms with E-state index in [0.717, 1.165) is 29.9 Å². The molecule has 2 atom stereocenters. The molecule has 1 fully saturated rings. The highest BCUT2D eigenvalue weighted by molar-refractivity contribution is 7.15. The van der Waals surface area contributed by atoms with Crippen molar-refractivity contribution in [3.05, 3.63) is 23.5 Å². The van der Waals surface area contributed by atoms with Crippen molar-refractivity contribution in [3.8, 4) is 0 Å². The number of rotatable bonds is 2. The van der Waals surface area contributed by atoms with Crippen LogP contribution in [0.3, 0.4) is 0 Å². The second kappa shape index (κ2) is 4.10. The van der Waals surface area contributed by atoms with Crippen molar-refractivity contribution in [2.45, 2.75) is 44.6 Å². The molecular formula is C13H18N2OS. The Kier molecular flexibility index (Phi) is 2.71. The predicted octanol–water partition coefficient (Wildman–Crippen LogP) is 2.88. The molecule has 0 aliphatic heterocycles. The van der Waals surface area contributed by atoms with E-state index in [9.17, 15) is 5.11 Å². The molecule has 0 bridgehead atoms. The molecule has 0 radical (unpaired) electrons. The third kappa shape index (κ3) is 2.00. The van der Waals surface area contributed by atoms with E-state index in [1.807, 2.05) is 22.2 Å². The van der Waals surface area contributed by atoms with Crippen LogP contribution in [0.15, 0.2) is 17.8 Å². The third-order valence-corrected chi connectivity index (χ3v) is 4.82. The van der Waals surface area contributed by atoms with E-state index in [4.69, 9.17) is 0 Å². The smallest absolute Gasteiger partial charge is 0.193 e. The molecule has 17 heavy (non-hydrogen) atoms. The van der Waals surface area contributed by atoms with Gasteiger partial charge in [-0.3, -0.25) is 4.40 Å². The molecule has 0 amide bonds. The highest BCUT2D eigenvalue weighted by Crippen LogP contribution is 2.36. The normalized spacial score (nSPS) is 29.9. The minimum Gasteiger partial charge on any atom is -0.389 e. The van der Waals surface area contributed by atoms with Gasteiger partial charge in [0.05, 0.1) is 11.3 Å². The first-order valence-corrected chi connectivity index (χ1v) is 7.19. The number of aromatic nitrogens is 2. The summed E-state index contributed by atoms with van der Waals surface area (Å²) in [6.45, 7) is 2.16. The van der Waals surface area contributed by atoms with Gasteiger partial charge < -0.3 is 5.11 Å². The maximum atomic E-state index is 10.7. The summed E-state index contributed by atoms with van der Waals surface area (Å²) < 4.78 is 2.04. The van der Waals surface area contributed by atoms with Gasteiger partial charge in [0.1, 0.15) is 0 Å². The van der Waals surface area contributed by atoms with E-state index in [1.54, 1.807) is 11.3 Å². The monoisotopic (exact) mass is 250 g/mol. The lowest BCUT2D eigenvalue weighted by molar-refractivity contribution is -0.0411. The van der Waals surface area contributed by atoms with Crippen LogP contribution >= 0.6 is 11.3 Å². The standard InChI is InChI=1S/C13H18N2OS/c1-10-4-2-3-5-13(10,16)8-11-9-15-6-7-17-12(15)14-11/h6-7,9-10,16H,2-5,8H2,1H3. The lowest BCUT2D eigenvalue weighted by Gasteiger charge is -2.37. The van der Waals surface area contributed by atoms with Gasteiger partial charge >= 0.3 is 0 Å². The fourth-order valence-corrected chi connectivity index (χ4v) is 3.55. The SMILES string of the molecule is CC1CCCCC1(O)Cc1cn2ccsc2n1. The van der Waals surface area contributed by atoms with Crippen LogP contribution in [0.25, 0.3) is 4.96 Å². The van der Waals surface area contributed by atoms with Crippen LogP contribution in [0.1, 0.15) is 38.3 Å². The molecule has 0 spiro atoms. The molecule has 4 heteroatoms. The van der Waals surface area contributed by atoms with Crippen molar-refractivity contribution >= 4 is 16.3 Å². The highest BCUT2D eigenvalue weighted by atomic mass is 32.1. The van der Waals surface area contributed by atoms with Crippen LogP contribution in [0, 0.1) is 5.92 Å². The van der Waals surface area contributed by atoms with Crippen LogP contribution in [-0.4, -0.2) is 20.1 Å². The summed E-state index contributed by atoms with van der Waals surface area (Å²) >= 11 is 1.64. The molecule has 0 aromatic carbocycles. The van der Waals surface area contributed by atoms with Gasteiger partial charge in [0.15, 0.2) is 4.96 Å². The second-order valence-corrected chi connectivity index (χ2v) is 6.13. The largest absolute Gasteiger partial charge is 0.389 e. The van der Waals surface area contributed by atoms with Crippen LogP contribution in [0.4, 0.5) is 0 Å². The summed E-state index contributed by atoms with van der Waals surface area (Å²) in [5, 5.41) is 12.7. The van der Waals surface area contributed by atoms with E-state index >= 15 is 0 Å². The molecular weight excluding hydrogens is 232 g/mol. The summed E-state index contributed by atoms with van der Waals surface area (Å²) in [6.07, 6.45) is 9.21. The average Bonchev–Trinajstić information content (AvgIpc) is 2.83. The molecule has 2 aromatic rings. The number of hydrogen-bond acceptors (Lipinski definition) is 3. The first-order valence-electron chi connectivity index (χ1n) is 6.31. The first kappa shape index (κ1) is 11.2. The summed E-state index contributed by atoms with van der Waals surface area (Å²) in [4.78, 5) is 5.59. The van der Waals surface area contributed by atoms with Crippen molar-refractivity contribution in [1.29, 1.82) is 0 Å². The predicted molar refractivity (Wildman–Crippen MR) is 69.4 cm³/mol. The molecule has 1 aliphatic carbocycles. The minimum atomic E-state index is -0.539. The number of aliphatic hydroxyl groups is 1. The van der Waals surface area contributed by atoms with Gasteiger partial charge in [0, 0.05) is 24.2 Å². The van der Waals surface area contributed by atoms with Crippen molar-refractivity contribution in [2.75, 3.05) is 0 Å². The molecule has 2 aromatic heterocycles. The van der Waals surface area contributed by atoms with Gasteiger partial charge in [0.2, 0.25) is 0 Å². The average molecular weight is 250 g/mol. The fraction of sp³-hybridized carbons (Fsp3) is 0.615. The summed E-state index contributed by atoms with van der Waals surface area (Å²) in [5.74, 6) is 0.385. The first-order chi connectivity index (χ1) is 8.17. The van der Waals surface area contributed by atoms with Crippen molar-refractivity contribution in [3.63, 3.8) is 0 Å². The molecule has 0 saturated heterocycles.